The molecule has 0 amide bonds. The van der Waals surface area contributed by atoms with Gasteiger partial charge in [0.1, 0.15) is 11.5 Å². The van der Waals surface area contributed by atoms with E-state index in [0.717, 1.165) is 61.5 Å². The summed E-state index contributed by atoms with van der Waals surface area (Å²) in [4.78, 5) is 0. The van der Waals surface area contributed by atoms with Crippen molar-refractivity contribution in [2.75, 3.05) is 25.5 Å². The summed E-state index contributed by atoms with van der Waals surface area (Å²) in [6.07, 6.45) is 33.6. The maximum atomic E-state index is 6.57. The van der Waals surface area contributed by atoms with Crippen LogP contribution in [0.2, 0.25) is 0 Å². The Morgan fingerprint density at radius 2 is 0.598 bits per heavy atom. The van der Waals surface area contributed by atoms with Crippen molar-refractivity contribution in [3.8, 4) is 22.6 Å². The summed E-state index contributed by atoms with van der Waals surface area (Å²) >= 11 is 0. The molecule has 2 nitrogen and oxygen atoms in total. The van der Waals surface area contributed by atoms with Gasteiger partial charge in [-0.2, -0.15) is 0 Å². The Morgan fingerprint density at radius 1 is 0.293 bits per heavy atom. The molecule has 8 rings (SSSR count). The maximum absolute atomic E-state index is 6.57. The molecular formula is C78H96O2P2. The van der Waals surface area contributed by atoms with Crippen LogP contribution in [-0.4, -0.2) is 25.5 Å². The molecule has 8 aromatic rings. The van der Waals surface area contributed by atoms with E-state index in [4.69, 9.17) is 9.47 Å². The molecule has 430 valence electrons. The molecule has 8 aromatic carbocycles. The minimum absolute atomic E-state index is 0.733. The van der Waals surface area contributed by atoms with Crippen LogP contribution in [0.25, 0.3) is 11.1 Å². The van der Waals surface area contributed by atoms with Crippen molar-refractivity contribution in [1.29, 1.82) is 0 Å². The quantitative estimate of drug-likeness (QED) is 0.0217. The molecule has 0 aromatic heterocycles. The van der Waals surface area contributed by atoms with Crippen molar-refractivity contribution >= 4 is 46.4 Å². The molecule has 0 N–H and O–H groups in total. The molecule has 0 fully saturated rings. The number of hydrogen-bond acceptors (Lipinski definition) is 2. The Kier molecular flexibility index (Phi) is 26.3. The molecule has 82 heavy (non-hydrogen) atoms. The molecule has 0 bridgehead atoms. The van der Waals surface area contributed by atoms with E-state index in [-0.39, 0.29) is 0 Å². The van der Waals surface area contributed by atoms with Crippen LogP contribution in [0.1, 0.15) is 140 Å². The van der Waals surface area contributed by atoms with Gasteiger partial charge < -0.3 is 9.47 Å². The Hall–Kier alpha value is -6.30. The molecule has 0 radical (unpaired) electrons. The van der Waals surface area contributed by atoms with E-state index in [2.05, 4.69) is 232 Å². The average molecular weight is 1130 g/mol. The third kappa shape index (κ3) is 17.9. The molecule has 0 spiro atoms. The number of rotatable bonds is 39. The van der Waals surface area contributed by atoms with Gasteiger partial charge in [0.15, 0.2) is 0 Å². The number of allylic oxidation sites excluding steroid dienone is 2. The molecule has 0 saturated carbocycles. The van der Waals surface area contributed by atoms with Crippen LogP contribution in [0.15, 0.2) is 244 Å². The van der Waals surface area contributed by atoms with Crippen LogP contribution in [0.5, 0.6) is 11.5 Å². The second kappa shape index (κ2) is 35.0. The normalized spacial score (nSPS) is 12.0. The van der Waals surface area contributed by atoms with Gasteiger partial charge in [-0.15, -0.1) is 13.2 Å². The first-order valence-electron chi connectivity index (χ1n) is 31.7. The van der Waals surface area contributed by atoms with Gasteiger partial charge >= 0.3 is 382 Å². The Labute approximate surface area is 497 Å². The van der Waals surface area contributed by atoms with E-state index in [1.54, 1.807) is 0 Å². The van der Waals surface area contributed by atoms with E-state index < -0.39 is 14.5 Å². The van der Waals surface area contributed by atoms with Crippen LogP contribution >= 0.6 is 14.5 Å². The summed E-state index contributed by atoms with van der Waals surface area (Å²) in [5, 5.41) is 9.14. The van der Waals surface area contributed by atoms with E-state index in [1.807, 2.05) is 12.2 Å². The summed E-state index contributed by atoms with van der Waals surface area (Å²) < 4.78 is 13.1. The third-order valence-corrected chi connectivity index (χ3v) is 27.3. The summed E-state index contributed by atoms with van der Waals surface area (Å²) in [6, 6.07) is 81.6. The van der Waals surface area contributed by atoms with Gasteiger partial charge in [-0.05, 0) is 53.8 Å². The smallest absolute Gasteiger partial charge is 0.00152 e. The summed E-state index contributed by atoms with van der Waals surface area (Å²) in [7, 11) is -4.25. The monoisotopic (exact) mass is 1130 g/mol. The van der Waals surface area contributed by atoms with Crippen molar-refractivity contribution in [1.82, 2.24) is 0 Å². The second-order valence-corrected chi connectivity index (χ2v) is 31.0. The van der Waals surface area contributed by atoms with Gasteiger partial charge in [-0.3, -0.25) is 0 Å². The van der Waals surface area contributed by atoms with Gasteiger partial charge in [0.25, 0.3) is 0 Å². The summed E-state index contributed by atoms with van der Waals surface area (Å²) in [5.74, 6) is 1.93. The number of ether oxygens (including phenoxy) is 2. The molecular weight excluding hydrogens is 1030 g/mol. The van der Waals surface area contributed by atoms with Gasteiger partial charge in [-0.25, -0.2) is 0 Å². The third-order valence-electron chi connectivity index (χ3n) is 17.2. The van der Waals surface area contributed by atoms with E-state index in [9.17, 15) is 0 Å². The predicted molar refractivity (Wildman–Crippen MR) is 366 cm³/mol. The standard InChI is InChI=1S/C78H96O2P2/c1-3-43-67-57-59-78(80-62-40-18-14-10-6-8-12-16-20-42-64-82(73-51-33-24-34-52-73,74-53-35-25-36-54-74)75-55-37-26-38-56-75)76(65-67)68-58-60-77(69(66-68)44-4-2)79-61-39-17-13-9-5-7-11-15-19-41-63-81(70-45-27-21-28-46-70,71-47-29-22-30-48-71)72-49-31-23-32-50-72/h3-4,21-38,45-60,65-66,81-82H,1-2,5-20,39-44,61-64H2. The zero-order valence-corrected chi connectivity index (χ0v) is 51.6. The van der Waals surface area contributed by atoms with Gasteiger partial charge in [0.05, 0.1) is 0 Å². The van der Waals surface area contributed by atoms with Crippen molar-refractivity contribution in [3.63, 3.8) is 0 Å². The minimum atomic E-state index is -2.13. The van der Waals surface area contributed by atoms with Gasteiger partial charge in [-0.1, -0.05) is 24.3 Å². The zero-order valence-electron chi connectivity index (χ0n) is 49.6. The Morgan fingerprint density at radius 3 is 0.939 bits per heavy atom. The molecule has 0 aliphatic rings. The fourth-order valence-corrected chi connectivity index (χ4v) is 22.7. The molecule has 0 heterocycles. The molecule has 0 aliphatic carbocycles. The van der Waals surface area contributed by atoms with Crippen LogP contribution in [0.4, 0.5) is 0 Å². The Balaban J connectivity index is 0.706. The van der Waals surface area contributed by atoms with Crippen molar-refractivity contribution < 1.29 is 9.47 Å². The van der Waals surface area contributed by atoms with Crippen LogP contribution < -0.4 is 41.3 Å². The number of hydrogen-bond donors (Lipinski definition) is 0. The molecule has 4 heteroatoms. The van der Waals surface area contributed by atoms with Crippen LogP contribution in [0, 0.1) is 0 Å². The fraction of sp³-hybridized carbons (Fsp3) is 0.333. The first-order chi connectivity index (χ1) is 40.7. The first kappa shape index (κ1) is 61.8. The molecule has 0 unspecified atom stereocenters. The van der Waals surface area contributed by atoms with Gasteiger partial charge in [0, 0.05) is 5.56 Å². The van der Waals surface area contributed by atoms with Crippen molar-refractivity contribution in [2.24, 2.45) is 0 Å². The zero-order chi connectivity index (χ0) is 56.6. The summed E-state index contributed by atoms with van der Waals surface area (Å²) in [6.45, 7) is 9.61. The van der Waals surface area contributed by atoms with Crippen molar-refractivity contribution in [2.45, 2.75) is 141 Å². The fourth-order valence-electron chi connectivity index (χ4n) is 12.8. The second-order valence-electron chi connectivity index (χ2n) is 22.9. The number of unbranched alkanes of at least 4 members (excludes halogenated alkanes) is 18. The summed E-state index contributed by atoms with van der Waals surface area (Å²) in [5.41, 5.74) is 4.73. The van der Waals surface area contributed by atoms with Crippen LogP contribution in [0.3, 0.4) is 0 Å². The maximum Gasteiger partial charge on any atom is -0.00152 e. The minimum Gasteiger partial charge on any atom is -0.103 e. The van der Waals surface area contributed by atoms with E-state index in [1.165, 1.54) is 171 Å². The SMILES string of the molecule is C=CCc1ccc(OCCCCCCCCCCCC[PH](c2ccccc2)(c2ccccc2)c2ccccc2)c(-c2ccc(OCCCCCCCCCCCC[PH](c3ccccc3)(c3ccccc3)c3ccccc3)c(CC=C)c2)c1. The first-order valence-corrected chi connectivity index (χ1v) is 36.1. The largest absolute Gasteiger partial charge is 0.103 e. The van der Waals surface area contributed by atoms with Gasteiger partial charge in [0.2, 0.25) is 0 Å². The van der Waals surface area contributed by atoms with E-state index in [0.29, 0.717) is 0 Å². The molecule has 0 saturated heterocycles. The Bertz CT molecular complexity index is 2820. The van der Waals surface area contributed by atoms with Crippen LogP contribution in [-0.2, 0) is 12.8 Å². The average Bonchev–Trinajstić information content (AvgIpc) is 3.13. The molecule has 0 aliphatic heterocycles. The predicted octanol–water partition coefficient (Wildman–Crippen LogP) is 18.8. The number of benzene rings is 8. The van der Waals surface area contributed by atoms with Crippen molar-refractivity contribution in [3.05, 3.63) is 255 Å². The van der Waals surface area contributed by atoms with E-state index >= 15 is 0 Å². The topological polar surface area (TPSA) is 18.5 Å². The molecule has 0 atom stereocenters.